The van der Waals surface area contributed by atoms with E-state index in [1.807, 2.05) is 18.4 Å². The zero-order chi connectivity index (χ0) is 14.0. The number of nitrogens with zero attached hydrogens (tertiary/aromatic N) is 3. The molecular weight excluding hydrogens is 244 g/mol. The number of anilines is 1. The highest BCUT2D eigenvalue weighted by molar-refractivity contribution is 5.71. The van der Waals surface area contributed by atoms with Crippen molar-refractivity contribution in [2.75, 3.05) is 11.9 Å². The maximum absolute atomic E-state index is 11.4. The molecule has 3 unspecified atom stereocenters. The number of carbonyl (C=O) groups is 1. The van der Waals surface area contributed by atoms with Gasteiger partial charge in [0.05, 0.1) is 5.92 Å². The fourth-order valence-corrected chi connectivity index (χ4v) is 3.04. The molecule has 1 aliphatic carbocycles. The van der Waals surface area contributed by atoms with Gasteiger partial charge in [-0.15, -0.1) is 10.2 Å². The average Bonchev–Trinajstić information content (AvgIpc) is 2.92. The number of aliphatic carboxylic acids is 1. The van der Waals surface area contributed by atoms with Crippen molar-refractivity contribution in [3.8, 4) is 0 Å². The summed E-state index contributed by atoms with van der Waals surface area (Å²) in [7, 11) is 0. The minimum absolute atomic E-state index is 0.0210. The molecule has 1 aromatic heterocycles. The third-order valence-electron chi connectivity index (χ3n) is 3.88. The first-order valence-corrected chi connectivity index (χ1v) is 6.98. The second kappa shape index (κ2) is 5.59. The van der Waals surface area contributed by atoms with Crippen LogP contribution in [0, 0.1) is 11.8 Å². The van der Waals surface area contributed by atoms with E-state index in [1.54, 1.807) is 0 Å². The standard InChI is InChI=1S/C13H22N4O2/c1-4-14-13-16-15-11(17(13)5-2)9-6-8(3)7-10(9)12(18)19/h8-10H,4-7H2,1-3H3,(H,14,16)(H,18,19). The lowest BCUT2D eigenvalue weighted by Gasteiger charge is -2.16. The van der Waals surface area contributed by atoms with Crippen LogP contribution in [0.2, 0.25) is 0 Å². The van der Waals surface area contributed by atoms with Crippen LogP contribution in [0.25, 0.3) is 0 Å². The molecule has 19 heavy (non-hydrogen) atoms. The number of hydrogen-bond acceptors (Lipinski definition) is 4. The van der Waals surface area contributed by atoms with Gasteiger partial charge < -0.3 is 10.4 Å². The summed E-state index contributed by atoms with van der Waals surface area (Å²) >= 11 is 0. The van der Waals surface area contributed by atoms with Crippen LogP contribution in [0.15, 0.2) is 0 Å². The molecular formula is C13H22N4O2. The summed E-state index contributed by atoms with van der Waals surface area (Å²) in [6.07, 6.45) is 1.61. The fourth-order valence-electron chi connectivity index (χ4n) is 3.04. The maximum atomic E-state index is 11.4. The third kappa shape index (κ3) is 2.57. The van der Waals surface area contributed by atoms with E-state index in [9.17, 15) is 9.90 Å². The molecule has 6 heteroatoms. The van der Waals surface area contributed by atoms with E-state index in [0.29, 0.717) is 5.92 Å². The molecule has 106 valence electrons. The minimum Gasteiger partial charge on any atom is -0.481 e. The molecule has 6 nitrogen and oxygen atoms in total. The van der Waals surface area contributed by atoms with Gasteiger partial charge in [-0.2, -0.15) is 0 Å². The first kappa shape index (κ1) is 13.8. The van der Waals surface area contributed by atoms with Gasteiger partial charge in [0.15, 0.2) is 0 Å². The molecule has 2 rings (SSSR count). The largest absolute Gasteiger partial charge is 0.481 e. The van der Waals surface area contributed by atoms with Gasteiger partial charge >= 0.3 is 5.97 Å². The predicted molar refractivity (Wildman–Crippen MR) is 72.1 cm³/mol. The lowest BCUT2D eigenvalue weighted by molar-refractivity contribution is -0.142. The van der Waals surface area contributed by atoms with E-state index in [1.165, 1.54) is 0 Å². The Morgan fingerprint density at radius 2 is 2.16 bits per heavy atom. The Balaban J connectivity index is 2.32. The van der Waals surface area contributed by atoms with Crippen LogP contribution in [0.4, 0.5) is 5.95 Å². The summed E-state index contributed by atoms with van der Waals surface area (Å²) < 4.78 is 2.00. The number of carboxylic acids is 1. The molecule has 1 heterocycles. The SMILES string of the molecule is CCNc1nnc(C2CC(C)CC2C(=O)O)n1CC. The van der Waals surface area contributed by atoms with Gasteiger partial charge in [0.2, 0.25) is 5.95 Å². The van der Waals surface area contributed by atoms with Gasteiger partial charge in [-0.3, -0.25) is 9.36 Å². The van der Waals surface area contributed by atoms with Crippen molar-refractivity contribution in [1.29, 1.82) is 0 Å². The Kier molecular flexibility index (Phi) is 4.07. The molecule has 0 aromatic carbocycles. The molecule has 1 aliphatic rings. The molecule has 1 aromatic rings. The quantitative estimate of drug-likeness (QED) is 0.851. The van der Waals surface area contributed by atoms with Gasteiger partial charge in [-0.05, 0) is 32.6 Å². The highest BCUT2D eigenvalue weighted by atomic mass is 16.4. The Morgan fingerprint density at radius 3 is 2.74 bits per heavy atom. The van der Waals surface area contributed by atoms with Gasteiger partial charge in [-0.25, -0.2) is 0 Å². The van der Waals surface area contributed by atoms with E-state index in [4.69, 9.17) is 0 Å². The lowest BCUT2D eigenvalue weighted by Crippen LogP contribution is -2.20. The Hall–Kier alpha value is -1.59. The lowest BCUT2D eigenvalue weighted by atomic mass is 9.95. The summed E-state index contributed by atoms with van der Waals surface area (Å²) in [4.78, 5) is 11.4. The number of rotatable bonds is 5. The van der Waals surface area contributed by atoms with Gasteiger partial charge in [0, 0.05) is 19.0 Å². The summed E-state index contributed by atoms with van der Waals surface area (Å²) in [5.74, 6) is 0.908. The van der Waals surface area contributed by atoms with E-state index < -0.39 is 5.97 Å². The van der Waals surface area contributed by atoms with Crippen molar-refractivity contribution in [3.63, 3.8) is 0 Å². The molecule has 1 fully saturated rings. The first-order valence-electron chi connectivity index (χ1n) is 6.98. The van der Waals surface area contributed by atoms with Gasteiger partial charge in [0.25, 0.3) is 0 Å². The monoisotopic (exact) mass is 266 g/mol. The minimum atomic E-state index is -0.718. The van der Waals surface area contributed by atoms with Gasteiger partial charge in [-0.1, -0.05) is 6.92 Å². The van der Waals surface area contributed by atoms with Crippen molar-refractivity contribution in [3.05, 3.63) is 5.82 Å². The van der Waals surface area contributed by atoms with Crippen molar-refractivity contribution in [1.82, 2.24) is 14.8 Å². The normalized spacial score (nSPS) is 26.6. The van der Waals surface area contributed by atoms with E-state index in [0.717, 1.165) is 37.7 Å². The smallest absolute Gasteiger partial charge is 0.307 e. The van der Waals surface area contributed by atoms with Crippen molar-refractivity contribution in [2.24, 2.45) is 11.8 Å². The number of aromatic nitrogens is 3. The second-order valence-electron chi connectivity index (χ2n) is 5.28. The van der Waals surface area contributed by atoms with Crippen LogP contribution in [0.1, 0.15) is 45.4 Å². The van der Waals surface area contributed by atoms with Crippen LogP contribution >= 0.6 is 0 Å². The van der Waals surface area contributed by atoms with Crippen molar-refractivity contribution in [2.45, 2.75) is 46.1 Å². The molecule has 0 radical (unpaired) electrons. The number of nitrogens with one attached hydrogen (secondary N) is 1. The summed E-state index contributed by atoms with van der Waals surface area (Å²) in [5.41, 5.74) is 0. The van der Waals surface area contributed by atoms with Crippen LogP contribution in [0.5, 0.6) is 0 Å². The maximum Gasteiger partial charge on any atom is 0.307 e. The third-order valence-corrected chi connectivity index (χ3v) is 3.88. The van der Waals surface area contributed by atoms with Crippen LogP contribution < -0.4 is 5.32 Å². The molecule has 0 saturated heterocycles. The first-order chi connectivity index (χ1) is 9.08. The zero-order valence-electron chi connectivity index (χ0n) is 11.8. The van der Waals surface area contributed by atoms with Crippen molar-refractivity contribution >= 4 is 11.9 Å². The summed E-state index contributed by atoms with van der Waals surface area (Å²) in [5, 5.41) is 20.9. The Labute approximate surface area is 113 Å². The zero-order valence-corrected chi connectivity index (χ0v) is 11.8. The molecule has 0 bridgehead atoms. The predicted octanol–water partition coefficient (Wildman–Crippen LogP) is 1.94. The van der Waals surface area contributed by atoms with E-state index in [2.05, 4.69) is 22.4 Å². The molecule has 0 aliphatic heterocycles. The fraction of sp³-hybridized carbons (Fsp3) is 0.769. The highest BCUT2D eigenvalue weighted by Gasteiger charge is 2.40. The molecule has 2 N–H and O–H groups in total. The van der Waals surface area contributed by atoms with E-state index >= 15 is 0 Å². The summed E-state index contributed by atoms with van der Waals surface area (Å²) in [6.45, 7) is 7.67. The van der Waals surface area contributed by atoms with Crippen LogP contribution in [-0.2, 0) is 11.3 Å². The summed E-state index contributed by atoms with van der Waals surface area (Å²) in [6, 6.07) is 0. The molecule has 1 saturated carbocycles. The van der Waals surface area contributed by atoms with Crippen LogP contribution in [-0.4, -0.2) is 32.4 Å². The van der Waals surface area contributed by atoms with Crippen molar-refractivity contribution < 1.29 is 9.90 Å². The second-order valence-corrected chi connectivity index (χ2v) is 5.28. The Morgan fingerprint density at radius 1 is 1.42 bits per heavy atom. The topological polar surface area (TPSA) is 80.0 Å². The van der Waals surface area contributed by atoms with E-state index in [-0.39, 0.29) is 11.8 Å². The highest BCUT2D eigenvalue weighted by Crippen LogP contribution is 2.42. The molecule has 0 amide bonds. The molecule has 3 atom stereocenters. The average molecular weight is 266 g/mol. The van der Waals surface area contributed by atoms with Gasteiger partial charge in [0.1, 0.15) is 5.82 Å². The van der Waals surface area contributed by atoms with Crippen LogP contribution in [0.3, 0.4) is 0 Å². The Bertz CT molecular complexity index is 457. The number of hydrogen-bond donors (Lipinski definition) is 2. The number of carboxylic acid groups (broad SMARTS) is 1. The molecule has 0 spiro atoms.